The van der Waals surface area contributed by atoms with Crippen LogP contribution in [0.5, 0.6) is 5.75 Å². The van der Waals surface area contributed by atoms with E-state index in [0.717, 1.165) is 31.4 Å². The van der Waals surface area contributed by atoms with E-state index in [2.05, 4.69) is 20.3 Å². The molecular weight excluding hydrogens is 390 g/mol. The van der Waals surface area contributed by atoms with Crippen molar-refractivity contribution in [2.45, 2.75) is 25.3 Å². The van der Waals surface area contributed by atoms with Crippen LogP contribution in [0.3, 0.4) is 0 Å². The molecule has 1 aliphatic carbocycles. The van der Waals surface area contributed by atoms with Crippen molar-refractivity contribution in [2.75, 3.05) is 6.61 Å². The van der Waals surface area contributed by atoms with E-state index in [9.17, 15) is 13.6 Å². The summed E-state index contributed by atoms with van der Waals surface area (Å²) in [6, 6.07) is 8.54. The molecular formula is C22H20F2N4O2. The van der Waals surface area contributed by atoms with Crippen molar-refractivity contribution < 1.29 is 18.3 Å². The number of pyridine rings is 1. The number of rotatable bonds is 6. The Morgan fingerprint density at radius 2 is 1.83 bits per heavy atom. The monoisotopic (exact) mass is 410 g/mol. The van der Waals surface area contributed by atoms with Gasteiger partial charge >= 0.3 is 0 Å². The Morgan fingerprint density at radius 3 is 2.63 bits per heavy atom. The topological polar surface area (TPSA) is 77.0 Å². The Balaban J connectivity index is 1.43. The molecule has 4 rings (SSSR count). The highest BCUT2D eigenvalue weighted by molar-refractivity contribution is 5.98. The Hall–Kier alpha value is -3.42. The van der Waals surface area contributed by atoms with Crippen LogP contribution in [0.2, 0.25) is 0 Å². The van der Waals surface area contributed by atoms with Gasteiger partial charge in [-0.25, -0.2) is 18.7 Å². The van der Waals surface area contributed by atoms with E-state index in [1.165, 1.54) is 6.07 Å². The van der Waals surface area contributed by atoms with Crippen molar-refractivity contribution in [2.24, 2.45) is 5.92 Å². The van der Waals surface area contributed by atoms with Gasteiger partial charge in [0, 0.05) is 36.6 Å². The average Bonchev–Trinajstić information content (AvgIpc) is 3.22. The minimum atomic E-state index is -0.949. The zero-order valence-corrected chi connectivity index (χ0v) is 16.1. The molecule has 0 saturated heterocycles. The van der Waals surface area contributed by atoms with E-state index in [4.69, 9.17) is 4.74 Å². The first-order chi connectivity index (χ1) is 14.6. The summed E-state index contributed by atoms with van der Waals surface area (Å²) in [5.74, 6) is -1.42. The maximum absolute atomic E-state index is 13.4. The molecule has 0 spiro atoms. The predicted molar refractivity (Wildman–Crippen MR) is 106 cm³/mol. The van der Waals surface area contributed by atoms with Gasteiger partial charge in [-0.05, 0) is 43.2 Å². The molecule has 2 aromatic heterocycles. The lowest BCUT2D eigenvalue weighted by molar-refractivity contribution is 0.0914. The number of nitrogens with zero attached hydrogens (tertiary/aromatic N) is 3. The van der Waals surface area contributed by atoms with Crippen LogP contribution in [-0.2, 0) is 0 Å². The summed E-state index contributed by atoms with van der Waals surface area (Å²) in [6.07, 6.45) is 7.39. The van der Waals surface area contributed by atoms with Gasteiger partial charge in [-0.1, -0.05) is 6.42 Å². The van der Waals surface area contributed by atoms with Gasteiger partial charge in [0.15, 0.2) is 17.5 Å². The zero-order valence-electron chi connectivity index (χ0n) is 16.1. The molecule has 1 N–H and O–H groups in total. The van der Waals surface area contributed by atoms with Crippen LogP contribution < -0.4 is 10.1 Å². The summed E-state index contributed by atoms with van der Waals surface area (Å²) in [5, 5.41) is 3.04. The number of benzene rings is 1. The van der Waals surface area contributed by atoms with E-state index in [1.807, 2.05) is 0 Å². The average molecular weight is 410 g/mol. The quantitative estimate of drug-likeness (QED) is 0.669. The van der Waals surface area contributed by atoms with Gasteiger partial charge in [0.25, 0.3) is 5.91 Å². The Labute approximate surface area is 172 Å². The molecule has 1 saturated carbocycles. The Kier molecular flexibility index (Phi) is 5.92. The first-order valence-corrected chi connectivity index (χ1v) is 9.73. The van der Waals surface area contributed by atoms with E-state index >= 15 is 0 Å². The second-order valence-electron chi connectivity index (χ2n) is 7.13. The number of nitrogens with one attached hydrogen (secondary N) is 1. The molecule has 30 heavy (non-hydrogen) atoms. The predicted octanol–water partition coefficient (Wildman–Crippen LogP) is 3.79. The van der Waals surface area contributed by atoms with Crippen molar-refractivity contribution in [3.63, 3.8) is 0 Å². The number of halogens is 2. The van der Waals surface area contributed by atoms with Gasteiger partial charge in [0.1, 0.15) is 11.4 Å². The normalized spacial score (nSPS) is 18.2. The molecule has 0 aliphatic heterocycles. The standard InChI is InChI=1S/C22H20F2N4O2/c23-17-8-7-15(12-18(17)24)30-13-14-4-1-6-19(14)28-22(29)20-16(5-2-9-25-20)21-26-10-3-11-27-21/h2-3,5,7-12,14,19H,1,4,6,13H2,(H,28,29)/t14-,19+/m1/s1. The zero-order chi connectivity index (χ0) is 20.9. The molecule has 6 nitrogen and oxygen atoms in total. The SMILES string of the molecule is O=C(N[C@H]1CCC[C@@H]1COc1ccc(F)c(F)c1)c1ncccc1-c1ncccn1. The van der Waals surface area contributed by atoms with Gasteiger partial charge in [-0.15, -0.1) is 0 Å². The number of hydrogen-bond donors (Lipinski definition) is 1. The molecule has 2 atom stereocenters. The van der Waals surface area contributed by atoms with Gasteiger partial charge < -0.3 is 10.1 Å². The van der Waals surface area contributed by atoms with Gasteiger partial charge in [0.2, 0.25) is 0 Å². The van der Waals surface area contributed by atoms with E-state index in [-0.39, 0.29) is 29.3 Å². The van der Waals surface area contributed by atoms with Crippen LogP contribution in [0.25, 0.3) is 11.4 Å². The fourth-order valence-corrected chi connectivity index (χ4v) is 3.64. The van der Waals surface area contributed by atoms with Crippen molar-refractivity contribution in [3.05, 3.63) is 72.3 Å². The largest absolute Gasteiger partial charge is 0.493 e. The third-order valence-electron chi connectivity index (χ3n) is 5.16. The van der Waals surface area contributed by atoms with Crippen molar-refractivity contribution in [3.8, 4) is 17.1 Å². The summed E-state index contributed by atoms with van der Waals surface area (Å²) >= 11 is 0. The summed E-state index contributed by atoms with van der Waals surface area (Å²) in [5.41, 5.74) is 0.819. The maximum atomic E-state index is 13.4. The first-order valence-electron chi connectivity index (χ1n) is 9.73. The van der Waals surface area contributed by atoms with Crippen LogP contribution in [0.4, 0.5) is 8.78 Å². The Bertz CT molecular complexity index is 1030. The summed E-state index contributed by atoms with van der Waals surface area (Å²) in [6.45, 7) is 0.299. The molecule has 1 fully saturated rings. The molecule has 2 heterocycles. The lowest BCUT2D eigenvalue weighted by Crippen LogP contribution is -2.39. The highest BCUT2D eigenvalue weighted by Crippen LogP contribution is 2.28. The smallest absolute Gasteiger partial charge is 0.270 e. The molecule has 0 radical (unpaired) electrons. The number of carbonyl (C=O) groups is 1. The summed E-state index contributed by atoms with van der Waals surface area (Å²) in [4.78, 5) is 25.6. The Morgan fingerprint density at radius 1 is 1.03 bits per heavy atom. The number of aromatic nitrogens is 3. The van der Waals surface area contributed by atoms with Gasteiger partial charge in [-0.3, -0.25) is 9.78 Å². The minimum absolute atomic E-state index is 0.0576. The van der Waals surface area contributed by atoms with Crippen LogP contribution >= 0.6 is 0 Å². The van der Waals surface area contributed by atoms with Gasteiger partial charge in [-0.2, -0.15) is 0 Å². The molecule has 0 bridgehead atoms. The molecule has 0 unspecified atom stereocenters. The van der Waals surface area contributed by atoms with Gasteiger partial charge in [0.05, 0.1) is 12.2 Å². The second-order valence-corrected chi connectivity index (χ2v) is 7.13. The summed E-state index contributed by atoms with van der Waals surface area (Å²) in [7, 11) is 0. The van der Waals surface area contributed by atoms with E-state index in [1.54, 1.807) is 36.8 Å². The minimum Gasteiger partial charge on any atom is -0.493 e. The van der Waals surface area contributed by atoms with E-state index < -0.39 is 11.6 Å². The molecule has 8 heteroatoms. The molecule has 154 valence electrons. The fourth-order valence-electron chi connectivity index (χ4n) is 3.64. The third kappa shape index (κ3) is 4.42. The third-order valence-corrected chi connectivity index (χ3v) is 5.16. The fraction of sp³-hybridized carbons (Fsp3) is 0.273. The van der Waals surface area contributed by atoms with Crippen LogP contribution in [-0.4, -0.2) is 33.5 Å². The number of ether oxygens (including phenoxy) is 1. The van der Waals surface area contributed by atoms with Crippen molar-refractivity contribution in [1.82, 2.24) is 20.3 Å². The van der Waals surface area contributed by atoms with Crippen molar-refractivity contribution in [1.29, 1.82) is 0 Å². The second kappa shape index (κ2) is 8.94. The highest BCUT2D eigenvalue weighted by Gasteiger charge is 2.30. The number of carbonyl (C=O) groups excluding carboxylic acids is 1. The number of amides is 1. The lowest BCUT2D eigenvalue weighted by Gasteiger charge is -2.21. The van der Waals surface area contributed by atoms with Crippen LogP contribution in [0, 0.1) is 17.6 Å². The number of hydrogen-bond acceptors (Lipinski definition) is 5. The van der Waals surface area contributed by atoms with Crippen LogP contribution in [0.1, 0.15) is 29.8 Å². The summed E-state index contributed by atoms with van der Waals surface area (Å²) < 4.78 is 32.1. The van der Waals surface area contributed by atoms with Crippen LogP contribution in [0.15, 0.2) is 55.0 Å². The molecule has 1 aliphatic rings. The maximum Gasteiger partial charge on any atom is 0.270 e. The molecule has 1 amide bonds. The molecule has 3 aromatic rings. The first kappa shape index (κ1) is 19.9. The lowest BCUT2D eigenvalue weighted by atomic mass is 10.0. The van der Waals surface area contributed by atoms with Crippen molar-refractivity contribution >= 4 is 5.91 Å². The molecule has 1 aromatic carbocycles. The van der Waals surface area contributed by atoms with E-state index in [0.29, 0.717) is 18.0 Å². The highest BCUT2D eigenvalue weighted by atomic mass is 19.2.